The third kappa shape index (κ3) is 0.577. The maximum absolute atomic E-state index is 8.92. The van der Waals surface area contributed by atoms with Gasteiger partial charge in [0.05, 0.1) is 0 Å². The summed E-state index contributed by atoms with van der Waals surface area (Å²) in [5.41, 5.74) is 0.417. The van der Waals surface area contributed by atoms with E-state index >= 15 is 0 Å². The van der Waals surface area contributed by atoms with E-state index in [4.69, 9.17) is 10.2 Å². The van der Waals surface area contributed by atoms with Gasteiger partial charge in [-0.3, -0.25) is 0 Å². The molecule has 0 saturated heterocycles. The average Bonchev–Trinajstić information content (AvgIpc) is 2.35. The van der Waals surface area contributed by atoms with Crippen molar-refractivity contribution < 1.29 is 14.7 Å². The van der Waals surface area contributed by atoms with Crippen LogP contribution in [0.15, 0.2) is 10.6 Å². The Labute approximate surface area is 59.3 Å². The number of aromatic hydroxyl groups is 2. The van der Waals surface area contributed by atoms with Gasteiger partial charge in [-0.2, -0.15) is 0 Å². The topological polar surface area (TPSA) is 66.5 Å². The molecule has 52 valence electrons. The molecule has 0 spiro atoms. The summed E-state index contributed by atoms with van der Waals surface area (Å²) in [5.74, 6) is -0.166. The largest absolute Gasteiger partial charge is 0.499 e. The van der Waals surface area contributed by atoms with E-state index in [9.17, 15) is 0 Å². The van der Waals surface area contributed by atoms with Crippen molar-refractivity contribution in [2.75, 3.05) is 0 Å². The number of fused-ring (bicyclic) bond motifs is 1. The smallest absolute Gasteiger partial charge is 0.270 e. The Bertz CT molecular complexity index is 364. The van der Waals surface area contributed by atoms with Crippen LogP contribution in [0.3, 0.4) is 0 Å². The SMILES string of the molecule is Oc1cc2onc(O)c2s1. The molecule has 0 unspecified atom stereocenters. The van der Waals surface area contributed by atoms with E-state index in [-0.39, 0.29) is 10.9 Å². The number of hydrogen-bond donors (Lipinski definition) is 2. The highest BCUT2D eigenvalue weighted by molar-refractivity contribution is 7.20. The Balaban J connectivity index is 2.90. The molecule has 0 aliphatic carbocycles. The Morgan fingerprint density at radius 2 is 2.30 bits per heavy atom. The molecule has 0 aliphatic rings. The zero-order chi connectivity index (χ0) is 7.14. The second kappa shape index (κ2) is 1.63. The van der Waals surface area contributed by atoms with Crippen molar-refractivity contribution in [1.82, 2.24) is 5.16 Å². The van der Waals surface area contributed by atoms with Gasteiger partial charge < -0.3 is 14.7 Å². The molecule has 5 heteroatoms. The summed E-state index contributed by atoms with van der Waals surface area (Å²) in [6.07, 6.45) is 0. The molecule has 0 radical (unpaired) electrons. The second-order valence-corrected chi connectivity index (χ2v) is 2.81. The average molecular weight is 157 g/mol. The highest BCUT2D eigenvalue weighted by Gasteiger charge is 2.09. The predicted molar refractivity (Wildman–Crippen MR) is 35.2 cm³/mol. The van der Waals surface area contributed by atoms with E-state index in [0.29, 0.717) is 10.3 Å². The van der Waals surface area contributed by atoms with Crippen molar-refractivity contribution >= 4 is 21.6 Å². The van der Waals surface area contributed by atoms with Crippen LogP contribution in [-0.4, -0.2) is 15.4 Å². The van der Waals surface area contributed by atoms with E-state index in [0.717, 1.165) is 11.3 Å². The van der Waals surface area contributed by atoms with Crippen LogP contribution in [0.25, 0.3) is 10.3 Å². The van der Waals surface area contributed by atoms with Crippen molar-refractivity contribution in [3.8, 4) is 10.9 Å². The van der Waals surface area contributed by atoms with Crippen molar-refractivity contribution in [2.45, 2.75) is 0 Å². The fourth-order valence-electron chi connectivity index (χ4n) is 0.720. The van der Waals surface area contributed by atoms with Gasteiger partial charge >= 0.3 is 0 Å². The Morgan fingerprint density at radius 3 is 3.00 bits per heavy atom. The van der Waals surface area contributed by atoms with Crippen LogP contribution in [0.4, 0.5) is 0 Å². The summed E-state index contributed by atoms with van der Waals surface area (Å²) in [4.78, 5) is 0. The lowest BCUT2D eigenvalue weighted by Crippen LogP contribution is -1.54. The van der Waals surface area contributed by atoms with Crippen LogP contribution >= 0.6 is 11.3 Å². The summed E-state index contributed by atoms with van der Waals surface area (Å²) in [6, 6.07) is 1.41. The normalized spacial score (nSPS) is 10.8. The van der Waals surface area contributed by atoms with Crippen LogP contribution in [0, 0.1) is 0 Å². The van der Waals surface area contributed by atoms with E-state index in [1.165, 1.54) is 6.07 Å². The van der Waals surface area contributed by atoms with Crippen molar-refractivity contribution in [3.05, 3.63) is 6.07 Å². The maximum atomic E-state index is 8.92. The molecular weight excluding hydrogens is 154 g/mol. The lowest BCUT2D eigenvalue weighted by atomic mass is 10.5. The summed E-state index contributed by atoms with van der Waals surface area (Å²) in [5, 5.41) is 21.2. The minimum atomic E-state index is -0.166. The third-order valence-corrected chi connectivity index (χ3v) is 2.03. The third-order valence-electron chi connectivity index (χ3n) is 1.12. The molecule has 0 atom stereocenters. The minimum absolute atomic E-state index is 0.117. The molecule has 0 amide bonds. The van der Waals surface area contributed by atoms with Crippen molar-refractivity contribution in [2.24, 2.45) is 0 Å². The van der Waals surface area contributed by atoms with E-state index < -0.39 is 0 Å². The molecule has 0 aliphatic heterocycles. The highest BCUT2D eigenvalue weighted by atomic mass is 32.1. The molecular formula is C5H3NO3S. The molecule has 0 aromatic carbocycles. The number of thiophene rings is 1. The minimum Gasteiger partial charge on any atom is -0.499 e. The Hall–Kier alpha value is -1.23. The standard InChI is InChI=1S/C5H3NO3S/c7-3-1-2-4(10-3)5(8)6-9-2/h1,7H,(H,6,8). The Morgan fingerprint density at radius 1 is 1.50 bits per heavy atom. The lowest BCUT2D eigenvalue weighted by Gasteiger charge is -1.74. The molecule has 0 fully saturated rings. The zero-order valence-electron chi connectivity index (χ0n) is 4.74. The molecule has 2 heterocycles. The van der Waals surface area contributed by atoms with Crippen molar-refractivity contribution in [1.29, 1.82) is 0 Å². The van der Waals surface area contributed by atoms with E-state index in [1.54, 1.807) is 0 Å². The monoisotopic (exact) mass is 157 g/mol. The maximum Gasteiger partial charge on any atom is 0.270 e. The van der Waals surface area contributed by atoms with Gasteiger partial charge in [-0.15, -0.1) is 0 Å². The van der Waals surface area contributed by atoms with Gasteiger partial charge in [0.25, 0.3) is 5.88 Å². The van der Waals surface area contributed by atoms with Crippen LogP contribution in [0.2, 0.25) is 0 Å². The van der Waals surface area contributed by atoms with Gasteiger partial charge in [0, 0.05) is 6.07 Å². The van der Waals surface area contributed by atoms with Crippen LogP contribution in [0.1, 0.15) is 0 Å². The predicted octanol–water partition coefficient (Wildman–Crippen LogP) is 1.30. The first kappa shape index (κ1) is 5.55. The van der Waals surface area contributed by atoms with E-state index in [2.05, 4.69) is 9.68 Å². The van der Waals surface area contributed by atoms with Gasteiger partial charge in [0.1, 0.15) is 4.70 Å². The summed E-state index contributed by atoms with van der Waals surface area (Å²) in [6.45, 7) is 0. The summed E-state index contributed by atoms with van der Waals surface area (Å²) in [7, 11) is 0. The first-order valence-electron chi connectivity index (χ1n) is 2.54. The quantitative estimate of drug-likeness (QED) is 0.604. The van der Waals surface area contributed by atoms with Gasteiger partial charge in [-0.1, -0.05) is 11.3 Å². The fourth-order valence-corrected chi connectivity index (χ4v) is 1.42. The van der Waals surface area contributed by atoms with Gasteiger partial charge in [0.2, 0.25) is 0 Å². The lowest BCUT2D eigenvalue weighted by molar-refractivity contribution is 0.375. The molecule has 2 N–H and O–H groups in total. The molecule has 10 heavy (non-hydrogen) atoms. The number of aromatic nitrogens is 1. The second-order valence-electron chi connectivity index (χ2n) is 1.78. The number of nitrogens with zero attached hydrogens (tertiary/aromatic N) is 1. The summed E-state index contributed by atoms with van der Waals surface area (Å²) >= 11 is 1.03. The Kier molecular flexibility index (Phi) is 0.906. The molecule has 2 aromatic rings. The first-order chi connectivity index (χ1) is 4.77. The highest BCUT2D eigenvalue weighted by Crippen LogP contribution is 2.35. The van der Waals surface area contributed by atoms with E-state index in [1.807, 2.05) is 0 Å². The van der Waals surface area contributed by atoms with Crippen LogP contribution in [-0.2, 0) is 0 Å². The van der Waals surface area contributed by atoms with Gasteiger partial charge in [0.15, 0.2) is 10.6 Å². The van der Waals surface area contributed by atoms with Crippen molar-refractivity contribution in [3.63, 3.8) is 0 Å². The molecule has 2 rings (SSSR count). The molecule has 0 saturated carbocycles. The van der Waals surface area contributed by atoms with Gasteiger partial charge in [-0.05, 0) is 5.16 Å². The number of rotatable bonds is 0. The van der Waals surface area contributed by atoms with Crippen LogP contribution in [0.5, 0.6) is 10.9 Å². The fraction of sp³-hybridized carbons (Fsp3) is 0. The number of hydrogen-bond acceptors (Lipinski definition) is 5. The van der Waals surface area contributed by atoms with Gasteiger partial charge in [-0.25, -0.2) is 0 Å². The molecule has 4 nitrogen and oxygen atoms in total. The zero-order valence-corrected chi connectivity index (χ0v) is 5.55. The summed E-state index contributed by atoms with van der Waals surface area (Å²) < 4.78 is 5.10. The first-order valence-corrected chi connectivity index (χ1v) is 3.36. The van der Waals surface area contributed by atoms with Crippen LogP contribution < -0.4 is 0 Å². The molecule has 0 bridgehead atoms. The molecule has 2 aromatic heterocycles.